The Morgan fingerprint density at radius 1 is 1.03 bits per heavy atom. The molecule has 3 rings (SSSR count). The zero-order chi connectivity index (χ0) is 24.9. The van der Waals surface area contributed by atoms with Crippen LogP contribution in [0.2, 0.25) is 0 Å². The smallest absolute Gasteiger partial charge is 0.528 e. The summed E-state index contributed by atoms with van der Waals surface area (Å²) in [6, 6.07) is 20.0. The Hall–Kier alpha value is -2.17. The fourth-order valence-electron chi connectivity index (χ4n) is 3.17. The molecule has 8 nitrogen and oxygen atoms in total. The molecule has 4 N–H and O–H groups in total. The van der Waals surface area contributed by atoms with Gasteiger partial charge in [0.1, 0.15) is 5.84 Å². The summed E-state index contributed by atoms with van der Waals surface area (Å²) in [7, 11) is 0. The zero-order valence-electron chi connectivity index (χ0n) is 21.4. The third-order valence-electron chi connectivity index (χ3n) is 4.65. The van der Waals surface area contributed by atoms with Crippen molar-refractivity contribution in [2.45, 2.75) is 27.3 Å². The van der Waals surface area contributed by atoms with E-state index < -0.39 is 6.09 Å². The number of carbonyl (C=O) groups excluding carboxylic acids is 2. The van der Waals surface area contributed by atoms with Crippen molar-refractivity contribution in [2.75, 3.05) is 17.4 Å². The van der Waals surface area contributed by atoms with Crippen molar-refractivity contribution in [3.05, 3.63) is 83.4 Å². The number of benzene rings is 3. The van der Waals surface area contributed by atoms with E-state index in [1.807, 2.05) is 63.5 Å². The summed E-state index contributed by atoms with van der Waals surface area (Å²) in [6.07, 6.45) is 0.339. The molecule has 0 saturated heterocycles. The average molecular weight is 507 g/mol. The van der Waals surface area contributed by atoms with Crippen LogP contribution in [0.5, 0.6) is 0 Å². The molecule has 0 aromatic heterocycles. The number of nitrogens with two attached hydrogens (primary N) is 1. The molecule has 3 aromatic carbocycles. The number of hydrogen-bond acceptors (Lipinski definition) is 6. The SMILES string of the molecule is CC.CCONc1cccc([C-]=O)c1NCc1ccc(-c2ccccc2/C(N)=N/C(=O)[O-])cc1.[Na+].[Na+]. The number of nitrogens with one attached hydrogen (secondary N) is 2. The molecule has 0 unspecified atom stereocenters. The number of para-hydroxylation sites is 1. The summed E-state index contributed by atoms with van der Waals surface area (Å²) in [5.74, 6) is -0.123. The number of amidine groups is 1. The first kappa shape index (κ1) is 33.8. The van der Waals surface area contributed by atoms with Gasteiger partial charge < -0.3 is 25.7 Å². The number of rotatable bonds is 9. The fraction of sp³-hybridized carbons (Fsp3) is 0.192. The summed E-state index contributed by atoms with van der Waals surface area (Å²) in [6.45, 7) is 6.78. The molecule has 36 heavy (non-hydrogen) atoms. The van der Waals surface area contributed by atoms with Crippen molar-refractivity contribution >= 4 is 29.6 Å². The van der Waals surface area contributed by atoms with Gasteiger partial charge >= 0.3 is 59.1 Å². The maximum absolute atomic E-state index is 11.3. The van der Waals surface area contributed by atoms with Crippen molar-refractivity contribution < 1.29 is 78.6 Å². The molecule has 0 atom stereocenters. The first-order valence-corrected chi connectivity index (χ1v) is 10.9. The quantitative estimate of drug-likeness (QED) is 0.0995. The maximum Gasteiger partial charge on any atom is 1.00 e. The van der Waals surface area contributed by atoms with Gasteiger partial charge in [-0.15, -0.1) is 11.6 Å². The van der Waals surface area contributed by atoms with Crippen LogP contribution in [0.4, 0.5) is 16.2 Å². The average Bonchev–Trinajstić information content (AvgIpc) is 2.87. The van der Waals surface area contributed by atoms with E-state index >= 15 is 0 Å². The van der Waals surface area contributed by atoms with E-state index in [4.69, 9.17) is 10.6 Å². The fourth-order valence-corrected chi connectivity index (χ4v) is 3.17. The van der Waals surface area contributed by atoms with E-state index in [-0.39, 0.29) is 65.0 Å². The summed E-state index contributed by atoms with van der Waals surface area (Å²) < 4.78 is 0. The number of hydrogen-bond donors (Lipinski definition) is 3. The monoisotopic (exact) mass is 506 g/mol. The molecule has 3 aromatic rings. The van der Waals surface area contributed by atoms with Crippen LogP contribution in [0.25, 0.3) is 11.1 Å². The van der Waals surface area contributed by atoms with Crippen LogP contribution in [0.15, 0.2) is 71.7 Å². The number of amides is 1. The second-order valence-corrected chi connectivity index (χ2v) is 6.72. The van der Waals surface area contributed by atoms with Crippen molar-refractivity contribution in [3.63, 3.8) is 0 Å². The Labute approximate surface area is 256 Å². The van der Waals surface area contributed by atoms with Gasteiger partial charge in [0.15, 0.2) is 6.09 Å². The van der Waals surface area contributed by atoms with Gasteiger partial charge in [0.2, 0.25) is 0 Å². The molecular weight excluding hydrogens is 478 g/mol. The van der Waals surface area contributed by atoms with Crippen molar-refractivity contribution in [1.29, 1.82) is 0 Å². The minimum atomic E-state index is -1.59. The van der Waals surface area contributed by atoms with Crippen molar-refractivity contribution in [3.8, 4) is 11.1 Å². The Morgan fingerprint density at radius 2 is 1.69 bits per heavy atom. The number of carboxylic acid groups (broad SMARTS) is 1. The van der Waals surface area contributed by atoms with Gasteiger partial charge in [-0.2, -0.15) is 6.07 Å². The molecule has 0 spiro atoms. The number of carbonyl (C=O) groups is 1. The van der Waals surface area contributed by atoms with Gasteiger partial charge in [-0.1, -0.05) is 68.4 Å². The molecule has 0 saturated carbocycles. The zero-order valence-corrected chi connectivity index (χ0v) is 25.4. The van der Waals surface area contributed by atoms with Gasteiger partial charge in [-0.25, -0.2) is 4.99 Å². The third-order valence-corrected chi connectivity index (χ3v) is 4.65. The largest absolute Gasteiger partial charge is 1.00 e. The summed E-state index contributed by atoms with van der Waals surface area (Å²) in [5, 5.41) is 14.0. The van der Waals surface area contributed by atoms with Crippen LogP contribution in [0, 0.1) is 0 Å². The summed E-state index contributed by atoms with van der Waals surface area (Å²) >= 11 is 0. The Balaban J connectivity index is 0.00000299. The molecule has 0 radical (unpaired) electrons. The normalized spacial score (nSPS) is 10.0. The number of aliphatic imine (C=N–C) groups is 1. The summed E-state index contributed by atoms with van der Waals surface area (Å²) in [5.41, 5.74) is 13.3. The van der Waals surface area contributed by atoms with E-state index in [1.54, 1.807) is 30.3 Å². The van der Waals surface area contributed by atoms with Gasteiger partial charge in [0.25, 0.3) is 0 Å². The molecule has 1 amide bonds. The van der Waals surface area contributed by atoms with Gasteiger partial charge in [-0.05, 0) is 29.3 Å². The molecule has 0 aliphatic rings. The number of nitrogens with zero attached hydrogens (tertiary/aromatic N) is 1. The third kappa shape index (κ3) is 9.71. The number of anilines is 2. The van der Waals surface area contributed by atoms with Gasteiger partial charge in [-0.3, -0.25) is 10.3 Å². The van der Waals surface area contributed by atoms with Crippen LogP contribution in [0.3, 0.4) is 0 Å². The predicted octanol–water partition coefficient (Wildman–Crippen LogP) is -2.13. The van der Waals surface area contributed by atoms with E-state index in [2.05, 4.69) is 15.8 Å². The van der Waals surface area contributed by atoms with Crippen molar-refractivity contribution in [2.24, 2.45) is 10.7 Å². The molecular formula is C26H28N4Na2O4. The van der Waals surface area contributed by atoms with E-state index in [0.717, 1.165) is 16.7 Å². The second-order valence-electron chi connectivity index (χ2n) is 6.72. The van der Waals surface area contributed by atoms with Crippen LogP contribution >= 0.6 is 0 Å². The predicted molar refractivity (Wildman–Crippen MR) is 133 cm³/mol. The van der Waals surface area contributed by atoms with Crippen molar-refractivity contribution in [1.82, 2.24) is 0 Å². The Morgan fingerprint density at radius 3 is 2.31 bits per heavy atom. The van der Waals surface area contributed by atoms with Crippen LogP contribution in [-0.2, 0) is 16.2 Å². The van der Waals surface area contributed by atoms with E-state index in [0.29, 0.717) is 35.7 Å². The first-order valence-electron chi connectivity index (χ1n) is 10.9. The van der Waals surface area contributed by atoms with Crippen LogP contribution in [-0.4, -0.2) is 24.8 Å². The molecule has 0 heterocycles. The standard InChI is InChI=1S/C24H23N4O4.C2H6.2Na/c1-2-32-28-21-9-5-6-18(15-29)22(21)26-14-16-10-12-17(13-11-16)19-7-3-4-8-20(19)23(25)27-24(30)31;1-2;;/h3-13,26,28H,2,14H2,1H3,(H2,25,27)(H,30,31);1-2H3;;/q-1;;2*+1/p-1. The van der Waals surface area contributed by atoms with E-state index in [9.17, 15) is 14.7 Å². The van der Waals surface area contributed by atoms with Crippen LogP contribution < -0.4 is 80.8 Å². The minimum absolute atomic E-state index is 0. The molecule has 178 valence electrons. The van der Waals surface area contributed by atoms with Gasteiger partial charge in [0.05, 0.1) is 12.9 Å². The summed E-state index contributed by atoms with van der Waals surface area (Å²) in [4.78, 5) is 30.6. The molecule has 10 heteroatoms. The van der Waals surface area contributed by atoms with Crippen LogP contribution in [0.1, 0.15) is 37.5 Å². The molecule has 0 bridgehead atoms. The Bertz CT molecular complexity index is 1140. The molecule has 0 fully saturated rings. The van der Waals surface area contributed by atoms with E-state index in [1.165, 1.54) is 0 Å². The molecule has 0 aliphatic carbocycles. The first-order chi connectivity index (χ1) is 16.5. The second kappa shape index (κ2) is 18.1. The van der Waals surface area contributed by atoms with Gasteiger partial charge in [0, 0.05) is 17.8 Å². The maximum atomic E-state index is 11.3. The molecule has 0 aliphatic heterocycles. The Kier molecular flexibility index (Phi) is 17.0. The topological polar surface area (TPSA) is 129 Å². The minimum Gasteiger partial charge on any atom is -0.528 e.